The van der Waals surface area contributed by atoms with E-state index in [0.717, 1.165) is 5.01 Å². The number of urea groups is 1. The molecule has 3 rings (SSSR count). The number of carbonyl (C=O) groups is 2. The van der Waals surface area contributed by atoms with Gasteiger partial charge in [0.2, 0.25) is 0 Å². The summed E-state index contributed by atoms with van der Waals surface area (Å²) in [7, 11) is 1.55. The number of halogens is 2. The Morgan fingerprint density at radius 1 is 1.15 bits per heavy atom. The van der Waals surface area contributed by atoms with Gasteiger partial charge in [-0.2, -0.15) is 5.10 Å². The second kappa shape index (κ2) is 6.97. The average Bonchev–Trinajstić information content (AvgIpc) is 2.84. The monoisotopic (exact) mass is 391 g/mol. The van der Waals surface area contributed by atoms with Crippen molar-refractivity contribution in [2.24, 2.45) is 5.10 Å². The highest BCUT2D eigenvalue weighted by Gasteiger charge is 2.49. The minimum atomic E-state index is -1.22. The molecular formula is C18H15Cl2N3O3. The fourth-order valence-electron chi connectivity index (χ4n) is 2.58. The number of nitrogens with one attached hydrogen (secondary N) is 1. The molecule has 1 heterocycles. The van der Waals surface area contributed by atoms with Crippen LogP contribution in [0, 0.1) is 0 Å². The third-order valence-electron chi connectivity index (χ3n) is 4.11. The van der Waals surface area contributed by atoms with Crippen LogP contribution in [0.2, 0.25) is 10.0 Å². The van der Waals surface area contributed by atoms with E-state index in [2.05, 4.69) is 10.4 Å². The first-order chi connectivity index (χ1) is 12.3. The van der Waals surface area contributed by atoms with Gasteiger partial charge in [0.05, 0.1) is 18.3 Å². The molecule has 1 saturated heterocycles. The molecule has 2 aromatic carbocycles. The lowest BCUT2D eigenvalue weighted by atomic mass is 9.92. The lowest BCUT2D eigenvalue weighted by Crippen LogP contribution is -2.40. The molecule has 8 heteroatoms. The highest BCUT2D eigenvalue weighted by molar-refractivity contribution is 6.36. The summed E-state index contributed by atoms with van der Waals surface area (Å²) < 4.78 is 5.11. The molecular weight excluding hydrogens is 377 g/mol. The molecule has 1 aliphatic rings. The molecule has 1 unspecified atom stereocenters. The molecule has 0 saturated carbocycles. The Hall–Kier alpha value is -2.57. The molecule has 6 nitrogen and oxygen atoms in total. The summed E-state index contributed by atoms with van der Waals surface area (Å²) in [5.41, 5.74) is -0.0570. The van der Waals surface area contributed by atoms with Gasteiger partial charge in [0, 0.05) is 10.6 Å². The Kier molecular flexibility index (Phi) is 4.89. The van der Waals surface area contributed by atoms with Gasteiger partial charge in [0.15, 0.2) is 0 Å². The predicted octanol–water partition coefficient (Wildman–Crippen LogP) is 3.80. The van der Waals surface area contributed by atoms with E-state index in [1.165, 1.54) is 6.21 Å². The third kappa shape index (κ3) is 3.25. The average molecular weight is 392 g/mol. The number of amides is 3. The summed E-state index contributed by atoms with van der Waals surface area (Å²) >= 11 is 11.9. The summed E-state index contributed by atoms with van der Waals surface area (Å²) in [6, 6.07) is 11.1. The Bertz CT molecular complexity index is 899. The van der Waals surface area contributed by atoms with E-state index in [-0.39, 0.29) is 0 Å². The van der Waals surface area contributed by atoms with Crippen molar-refractivity contribution >= 4 is 41.4 Å². The maximum atomic E-state index is 12.8. The van der Waals surface area contributed by atoms with Crippen LogP contribution in [0.4, 0.5) is 4.79 Å². The number of imide groups is 1. The van der Waals surface area contributed by atoms with Crippen molar-refractivity contribution in [3.8, 4) is 5.75 Å². The molecule has 1 fully saturated rings. The van der Waals surface area contributed by atoms with Crippen molar-refractivity contribution in [3.05, 3.63) is 63.6 Å². The van der Waals surface area contributed by atoms with Crippen LogP contribution in [0.15, 0.2) is 47.6 Å². The zero-order valence-corrected chi connectivity index (χ0v) is 15.5. The largest absolute Gasteiger partial charge is 0.497 e. The molecule has 0 radical (unpaired) electrons. The Labute approximate surface area is 160 Å². The number of carbonyl (C=O) groups excluding carboxylic acids is 2. The number of hydrogen-bond acceptors (Lipinski definition) is 4. The maximum Gasteiger partial charge on any atom is 0.346 e. The lowest BCUT2D eigenvalue weighted by Gasteiger charge is -2.21. The van der Waals surface area contributed by atoms with E-state index in [0.29, 0.717) is 26.9 Å². The van der Waals surface area contributed by atoms with Crippen LogP contribution in [0.1, 0.15) is 18.1 Å². The highest BCUT2D eigenvalue weighted by Crippen LogP contribution is 2.30. The van der Waals surface area contributed by atoms with E-state index in [9.17, 15) is 9.59 Å². The standard InChI is InChI=1S/C18H15Cl2N3O3/c1-18(12-4-7-14(26-2)8-5-12)16(24)23(17(25)22-18)21-10-11-3-6-13(19)9-15(11)20/h3-10H,1-2H3,(H,22,25)/b21-10+. The Morgan fingerprint density at radius 2 is 1.85 bits per heavy atom. The number of hydrazone groups is 1. The highest BCUT2D eigenvalue weighted by atomic mass is 35.5. The smallest absolute Gasteiger partial charge is 0.346 e. The van der Waals surface area contributed by atoms with Crippen molar-refractivity contribution < 1.29 is 14.3 Å². The van der Waals surface area contributed by atoms with Gasteiger partial charge in [-0.3, -0.25) is 4.79 Å². The summed E-state index contributed by atoms with van der Waals surface area (Å²) in [6.45, 7) is 1.62. The molecule has 1 atom stereocenters. The van der Waals surface area contributed by atoms with Crippen LogP contribution in [0.5, 0.6) is 5.75 Å². The van der Waals surface area contributed by atoms with Crippen molar-refractivity contribution in [1.29, 1.82) is 0 Å². The third-order valence-corrected chi connectivity index (χ3v) is 4.67. The molecule has 0 bridgehead atoms. The number of rotatable bonds is 4. The SMILES string of the molecule is COc1ccc(C2(C)NC(=O)N(/N=C/c3ccc(Cl)cc3Cl)C2=O)cc1. The molecule has 0 spiro atoms. The number of ether oxygens (including phenoxy) is 1. The van der Waals surface area contributed by atoms with Crippen LogP contribution >= 0.6 is 23.2 Å². The molecule has 2 aromatic rings. The van der Waals surface area contributed by atoms with Crippen LogP contribution in [0.25, 0.3) is 0 Å². The van der Waals surface area contributed by atoms with Crippen molar-refractivity contribution in [3.63, 3.8) is 0 Å². The summed E-state index contributed by atoms with van der Waals surface area (Å²) in [5, 5.41) is 8.30. The van der Waals surface area contributed by atoms with E-state index >= 15 is 0 Å². The fourth-order valence-corrected chi connectivity index (χ4v) is 3.03. The van der Waals surface area contributed by atoms with E-state index in [1.807, 2.05) is 0 Å². The number of methoxy groups -OCH3 is 1. The van der Waals surface area contributed by atoms with E-state index < -0.39 is 17.5 Å². The maximum absolute atomic E-state index is 12.8. The molecule has 1 aliphatic heterocycles. The zero-order chi connectivity index (χ0) is 18.9. The molecule has 134 valence electrons. The van der Waals surface area contributed by atoms with E-state index in [1.54, 1.807) is 56.5 Å². The van der Waals surface area contributed by atoms with Crippen LogP contribution < -0.4 is 10.1 Å². The normalized spacial score (nSPS) is 19.9. The van der Waals surface area contributed by atoms with Gasteiger partial charge in [-0.25, -0.2) is 4.79 Å². The first-order valence-electron chi connectivity index (χ1n) is 7.65. The van der Waals surface area contributed by atoms with Gasteiger partial charge in [-0.15, -0.1) is 5.01 Å². The van der Waals surface area contributed by atoms with E-state index in [4.69, 9.17) is 27.9 Å². The van der Waals surface area contributed by atoms with Gasteiger partial charge in [0.25, 0.3) is 5.91 Å². The summed E-state index contributed by atoms with van der Waals surface area (Å²) in [4.78, 5) is 25.1. The van der Waals surface area contributed by atoms with Gasteiger partial charge >= 0.3 is 6.03 Å². The minimum Gasteiger partial charge on any atom is -0.497 e. The van der Waals surface area contributed by atoms with Crippen molar-refractivity contribution in [2.75, 3.05) is 7.11 Å². The van der Waals surface area contributed by atoms with Crippen molar-refractivity contribution in [2.45, 2.75) is 12.5 Å². The quantitative estimate of drug-likeness (QED) is 0.636. The zero-order valence-electron chi connectivity index (χ0n) is 14.0. The fraction of sp³-hybridized carbons (Fsp3) is 0.167. The number of benzene rings is 2. The molecule has 0 aliphatic carbocycles. The van der Waals surface area contributed by atoms with Crippen LogP contribution in [0.3, 0.4) is 0 Å². The molecule has 0 aromatic heterocycles. The Morgan fingerprint density at radius 3 is 2.46 bits per heavy atom. The van der Waals surface area contributed by atoms with Crippen LogP contribution in [-0.4, -0.2) is 30.3 Å². The number of nitrogens with zero attached hydrogens (tertiary/aromatic N) is 2. The predicted molar refractivity (Wildman–Crippen MR) is 99.8 cm³/mol. The van der Waals surface area contributed by atoms with Gasteiger partial charge in [-0.1, -0.05) is 41.4 Å². The second-order valence-corrected chi connectivity index (χ2v) is 6.65. The molecule has 26 heavy (non-hydrogen) atoms. The number of hydrogen-bond donors (Lipinski definition) is 1. The first-order valence-corrected chi connectivity index (χ1v) is 8.41. The van der Waals surface area contributed by atoms with Gasteiger partial charge < -0.3 is 10.1 Å². The first kappa shape index (κ1) is 18.2. The lowest BCUT2D eigenvalue weighted by molar-refractivity contribution is -0.131. The van der Waals surface area contributed by atoms with Crippen molar-refractivity contribution in [1.82, 2.24) is 10.3 Å². The second-order valence-electron chi connectivity index (χ2n) is 5.81. The van der Waals surface area contributed by atoms with Gasteiger partial charge in [-0.05, 0) is 36.8 Å². The van der Waals surface area contributed by atoms with Crippen LogP contribution in [-0.2, 0) is 10.3 Å². The summed E-state index contributed by atoms with van der Waals surface area (Å²) in [6.07, 6.45) is 1.34. The molecule has 1 N–H and O–H groups in total. The van der Waals surface area contributed by atoms with Gasteiger partial charge in [0.1, 0.15) is 11.3 Å². The topological polar surface area (TPSA) is 71.0 Å². The Balaban J connectivity index is 1.87. The summed E-state index contributed by atoms with van der Waals surface area (Å²) in [5.74, 6) is 0.162. The molecule has 3 amide bonds. The minimum absolute atomic E-state index is 0.367.